The van der Waals surface area contributed by atoms with Crippen molar-refractivity contribution in [2.24, 2.45) is 5.73 Å². The van der Waals surface area contributed by atoms with Crippen molar-refractivity contribution in [2.45, 2.75) is 45.6 Å². The molecule has 17 heavy (non-hydrogen) atoms. The van der Waals surface area contributed by atoms with E-state index in [-0.39, 0.29) is 0 Å². The first-order valence-electron chi connectivity index (χ1n) is 6.81. The predicted octanol–water partition coefficient (Wildman–Crippen LogP) is 3.65. The Morgan fingerprint density at radius 2 is 1.88 bits per heavy atom. The molecule has 2 nitrogen and oxygen atoms in total. The minimum atomic E-state index is 0.424. The summed E-state index contributed by atoms with van der Waals surface area (Å²) in [6.45, 7) is 7.58. The summed E-state index contributed by atoms with van der Waals surface area (Å²) < 4.78 is 0. The number of thiophene rings is 1. The summed E-state index contributed by atoms with van der Waals surface area (Å²) >= 11 is 1.83. The molecule has 0 fully saturated rings. The molecule has 1 heterocycles. The van der Waals surface area contributed by atoms with Gasteiger partial charge in [-0.05, 0) is 37.4 Å². The summed E-state index contributed by atoms with van der Waals surface area (Å²) in [5.74, 6) is 0. The molecule has 0 bridgehead atoms. The van der Waals surface area contributed by atoms with Crippen LogP contribution in [0.4, 0.5) is 0 Å². The van der Waals surface area contributed by atoms with E-state index in [1.54, 1.807) is 0 Å². The van der Waals surface area contributed by atoms with Crippen LogP contribution in [0.2, 0.25) is 0 Å². The van der Waals surface area contributed by atoms with Gasteiger partial charge in [-0.2, -0.15) is 0 Å². The van der Waals surface area contributed by atoms with Crippen molar-refractivity contribution in [3.63, 3.8) is 0 Å². The molecule has 0 aliphatic carbocycles. The number of rotatable bonds is 9. The van der Waals surface area contributed by atoms with Crippen LogP contribution in [0.15, 0.2) is 17.5 Å². The van der Waals surface area contributed by atoms with Gasteiger partial charge in [0.15, 0.2) is 0 Å². The first kappa shape index (κ1) is 14.7. The average Bonchev–Trinajstić information content (AvgIpc) is 2.86. The minimum Gasteiger partial charge on any atom is -0.329 e. The lowest BCUT2D eigenvalue weighted by atomic mass is 10.1. The molecule has 0 aliphatic rings. The summed E-state index contributed by atoms with van der Waals surface area (Å²) in [6.07, 6.45) is 5.05. The zero-order chi connectivity index (χ0) is 12.5. The zero-order valence-corrected chi connectivity index (χ0v) is 12.0. The second-order valence-corrected chi connectivity index (χ2v) is 5.49. The molecule has 1 aromatic rings. The number of hydrogen-bond donors (Lipinski definition) is 1. The molecule has 0 amide bonds. The normalized spacial score (nSPS) is 13.2. The van der Waals surface area contributed by atoms with E-state index in [0.29, 0.717) is 6.04 Å². The van der Waals surface area contributed by atoms with Crippen molar-refractivity contribution >= 4 is 11.3 Å². The smallest absolute Gasteiger partial charge is 0.0564 e. The summed E-state index contributed by atoms with van der Waals surface area (Å²) in [4.78, 5) is 3.98. The van der Waals surface area contributed by atoms with Gasteiger partial charge in [-0.15, -0.1) is 11.3 Å². The Morgan fingerprint density at radius 3 is 2.29 bits per heavy atom. The summed E-state index contributed by atoms with van der Waals surface area (Å²) in [6, 6.07) is 4.77. The Balaban J connectivity index is 2.63. The topological polar surface area (TPSA) is 29.3 Å². The maximum Gasteiger partial charge on any atom is 0.0564 e. The van der Waals surface area contributed by atoms with Crippen LogP contribution in [0, 0.1) is 0 Å². The highest BCUT2D eigenvalue weighted by atomic mass is 32.1. The van der Waals surface area contributed by atoms with Crippen molar-refractivity contribution in [3.05, 3.63) is 22.4 Å². The summed E-state index contributed by atoms with van der Waals surface area (Å²) in [7, 11) is 0. The van der Waals surface area contributed by atoms with E-state index < -0.39 is 0 Å². The SMILES string of the molecule is CCCCN(CCCC)C(CN)c1cccs1. The molecule has 2 N–H and O–H groups in total. The Morgan fingerprint density at radius 1 is 1.24 bits per heavy atom. The lowest BCUT2D eigenvalue weighted by Crippen LogP contribution is -2.34. The molecular formula is C14H26N2S. The van der Waals surface area contributed by atoms with Gasteiger partial charge >= 0.3 is 0 Å². The van der Waals surface area contributed by atoms with Gasteiger partial charge in [0.1, 0.15) is 0 Å². The first-order valence-corrected chi connectivity index (χ1v) is 7.68. The highest BCUT2D eigenvalue weighted by Crippen LogP contribution is 2.24. The van der Waals surface area contributed by atoms with E-state index in [1.165, 1.54) is 43.6 Å². The van der Waals surface area contributed by atoms with Crippen LogP contribution in [0.3, 0.4) is 0 Å². The number of hydrogen-bond acceptors (Lipinski definition) is 3. The Kier molecular flexibility index (Phi) is 7.49. The zero-order valence-electron chi connectivity index (χ0n) is 11.2. The van der Waals surface area contributed by atoms with Crippen LogP contribution in [0.25, 0.3) is 0 Å². The molecule has 0 aliphatic heterocycles. The van der Waals surface area contributed by atoms with Crippen LogP contribution in [-0.4, -0.2) is 24.5 Å². The van der Waals surface area contributed by atoms with Gasteiger partial charge in [-0.1, -0.05) is 32.8 Å². The quantitative estimate of drug-likeness (QED) is 0.729. The number of nitrogens with zero attached hydrogens (tertiary/aromatic N) is 1. The lowest BCUT2D eigenvalue weighted by Gasteiger charge is -2.30. The molecule has 0 saturated heterocycles. The van der Waals surface area contributed by atoms with Gasteiger partial charge < -0.3 is 5.73 Å². The minimum absolute atomic E-state index is 0.424. The standard InChI is InChI=1S/C14H26N2S/c1-3-5-9-16(10-6-4-2)13(12-15)14-8-7-11-17-14/h7-8,11,13H,3-6,9-10,12,15H2,1-2H3. The molecular weight excluding hydrogens is 228 g/mol. The van der Waals surface area contributed by atoms with Gasteiger partial charge in [0.25, 0.3) is 0 Å². The van der Waals surface area contributed by atoms with Crippen LogP contribution >= 0.6 is 11.3 Å². The highest BCUT2D eigenvalue weighted by Gasteiger charge is 2.18. The van der Waals surface area contributed by atoms with E-state index in [0.717, 1.165) is 6.54 Å². The molecule has 1 rings (SSSR count). The van der Waals surface area contributed by atoms with Crippen LogP contribution in [0.5, 0.6) is 0 Å². The Labute approximate surface area is 110 Å². The van der Waals surface area contributed by atoms with E-state index in [2.05, 4.69) is 36.3 Å². The second-order valence-electron chi connectivity index (χ2n) is 4.51. The van der Waals surface area contributed by atoms with E-state index in [9.17, 15) is 0 Å². The van der Waals surface area contributed by atoms with E-state index >= 15 is 0 Å². The van der Waals surface area contributed by atoms with Crippen LogP contribution in [-0.2, 0) is 0 Å². The van der Waals surface area contributed by atoms with E-state index in [4.69, 9.17) is 5.73 Å². The third-order valence-electron chi connectivity index (χ3n) is 3.13. The van der Waals surface area contributed by atoms with Gasteiger partial charge in [-0.3, -0.25) is 4.90 Å². The van der Waals surface area contributed by atoms with Crippen molar-refractivity contribution in [3.8, 4) is 0 Å². The molecule has 0 spiro atoms. The number of unbranched alkanes of at least 4 members (excludes halogenated alkanes) is 2. The molecule has 0 aromatic carbocycles. The third-order valence-corrected chi connectivity index (χ3v) is 4.11. The summed E-state index contributed by atoms with van der Waals surface area (Å²) in [5, 5.41) is 2.15. The predicted molar refractivity (Wildman–Crippen MR) is 77.5 cm³/mol. The van der Waals surface area contributed by atoms with Crippen molar-refractivity contribution < 1.29 is 0 Å². The second kappa shape index (κ2) is 8.67. The molecule has 1 atom stereocenters. The molecule has 1 unspecified atom stereocenters. The highest BCUT2D eigenvalue weighted by molar-refractivity contribution is 7.10. The molecule has 0 radical (unpaired) electrons. The maximum atomic E-state index is 5.97. The molecule has 98 valence electrons. The van der Waals surface area contributed by atoms with Gasteiger partial charge in [0.2, 0.25) is 0 Å². The Bertz CT molecular complexity index is 264. The average molecular weight is 254 g/mol. The largest absolute Gasteiger partial charge is 0.329 e. The third kappa shape index (κ3) is 4.78. The summed E-state index contributed by atoms with van der Waals surface area (Å²) in [5.41, 5.74) is 5.97. The fraction of sp³-hybridized carbons (Fsp3) is 0.714. The van der Waals surface area contributed by atoms with Crippen LogP contribution in [0.1, 0.15) is 50.4 Å². The maximum absolute atomic E-state index is 5.97. The molecule has 3 heteroatoms. The van der Waals surface area contributed by atoms with Crippen molar-refractivity contribution in [2.75, 3.05) is 19.6 Å². The molecule has 0 saturated carbocycles. The van der Waals surface area contributed by atoms with Crippen LogP contribution < -0.4 is 5.73 Å². The van der Waals surface area contributed by atoms with Crippen molar-refractivity contribution in [1.82, 2.24) is 4.90 Å². The first-order chi connectivity index (χ1) is 8.33. The van der Waals surface area contributed by atoms with Gasteiger partial charge in [0.05, 0.1) is 6.04 Å². The van der Waals surface area contributed by atoms with Crippen molar-refractivity contribution in [1.29, 1.82) is 0 Å². The lowest BCUT2D eigenvalue weighted by molar-refractivity contribution is 0.198. The fourth-order valence-electron chi connectivity index (χ4n) is 2.07. The van der Waals surface area contributed by atoms with Gasteiger partial charge in [-0.25, -0.2) is 0 Å². The van der Waals surface area contributed by atoms with Gasteiger partial charge in [0, 0.05) is 11.4 Å². The van der Waals surface area contributed by atoms with E-state index in [1.807, 2.05) is 11.3 Å². The monoisotopic (exact) mass is 254 g/mol. The fourth-order valence-corrected chi connectivity index (χ4v) is 2.95. The molecule has 1 aromatic heterocycles. The Hall–Kier alpha value is -0.380. The number of nitrogens with two attached hydrogens (primary N) is 1.